The van der Waals surface area contributed by atoms with E-state index in [1.54, 1.807) is 0 Å². The summed E-state index contributed by atoms with van der Waals surface area (Å²) >= 11 is 0. The van der Waals surface area contributed by atoms with Gasteiger partial charge in [0.2, 0.25) is 0 Å². The molecule has 0 aliphatic carbocycles. The molecule has 0 saturated carbocycles. The van der Waals surface area contributed by atoms with Crippen molar-refractivity contribution in [1.29, 1.82) is 0 Å². The van der Waals surface area contributed by atoms with Crippen LogP contribution in [-0.2, 0) is 4.74 Å². The van der Waals surface area contributed by atoms with Crippen molar-refractivity contribution in [3.8, 4) is 0 Å². The lowest BCUT2D eigenvalue weighted by molar-refractivity contribution is -0.340. The maximum absolute atomic E-state index is 11.3. The van der Waals surface area contributed by atoms with Gasteiger partial charge in [0.15, 0.2) is 6.23 Å². The fourth-order valence-electron chi connectivity index (χ4n) is 0.441. The molecule has 6 heteroatoms. The molecule has 1 aliphatic heterocycles. The number of ether oxygens (including phenoxy) is 1. The summed E-state index contributed by atoms with van der Waals surface area (Å²) in [6, 6.07) is 0. The lowest BCUT2D eigenvalue weighted by Crippen LogP contribution is -2.30. The molecule has 10 heavy (non-hydrogen) atoms. The first-order valence-electron chi connectivity index (χ1n) is 2.35. The van der Waals surface area contributed by atoms with Crippen molar-refractivity contribution >= 4 is 6.21 Å². The largest absolute Gasteiger partial charge is 0.524 e. The zero-order valence-corrected chi connectivity index (χ0v) is 4.64. The molecular formula is C4H3F3N2O. The van der Waals surface area contributed by atoms with Gasteiger partial charge in [-0.25, -0.2) is 0 Å². The van der Waals surface area contributed by atoms with E-state index in [0.29, 0.717) is 0 Å². The van der Waals surface area contributed by atoms with E-state index in [1.165, 1.54) is 0 Å². The highest BCUT2D eigenvalue weighted by molar-refractivity contribution is 5.70. The minimum absolute atomic E-state index is 1.08. The number of hydrogen-bond donors (Lipinski definition) is 1. The van der Waals surface area contributed by atoms with E-state index in [2.05, 4.69) is 16.3 Å². The van der Waals surface area contributed by atoms with Gasteiger partial charge in [0.25, 0.3) is 0 Å². The monoisotopic (exact) mass is 152 g/mol. The van der Waals surface area contributed by atoms with E-state index < -0.39 is 12.6 Å². The highest BCUT2D eigenvalue weighted by Crippen LogP contribution is 2.19. The zero-order valence-electron chi connectivity index (χ0n) is 4.64. The van der Waals surface area contributed by atoms with Gasteiger partial charge < -0.3 is 0 Å². The summed E-state index contributed by atoms with van der Waals surface area (Å²) in [7, 11) is 0. The van der Waals surface area contributed by atoms with Gasteiger partial charge in [0.1, 0.15) is 0 Å². The van der Waals surface area contributed by atoms with Crippen molar-refractivity contribution in [3.63, 3.8) is 0 Å². The first-order valence-corrected chi connectivity index (χ1v) is 2.35. The van der Waals surface area contributed by atoms with Crippen LogP contribution in [0.2, 0.25) is 0 Å². The summed E-state index contributed by atoms with van der Waals surface area (Å²) in [5.74, 6) is 0. The highest BCUT2D eigenvalue weighted by atomic mass is 19.4. The minimum Gasteiger partial charge on any atom is -0.281 e. The number of hydrogen-bond acceptors (Lipinski definition) is 3. The van der Waals surface area contributed by atoms with E-state index in [0.717, 1.165) is 6.21 Å². The third-order valence-electron chi connectivity index (χ3n) is 0.734. The highest BCUT2D eigenvalue weighted by Gasteiger charge is 2.34. The van der Waals surface area contributed by atoms with Crippen molar-refractivity contribution in [3.05, 3.63) is 6.42 Å². The van der Waals surface area contributed by atoms with Crippen molar-refractivity contribution in [2.75, 3.05) is 0 Å². The molecule has 56 valence electrons. The van der Waals surface area contributed by atoms with E-state index in [1.807, 2.05) is 5.43 Å². The average molecular weight is 152 g/mol. The van der Waals surface area contributed by atoms with Gasteiger partial charge in [0.05, 0.1) is 6.42 Å². The maximum Gasteiger partial charge on any atom is 0.524 e. The van der Waals surface area contributed by atoms with Crippen LogP contribution < -0.4 is 5.43 Å². The summed E-state index contributed by atoms with van der Waals surface area (Å²) in [6.07, 6.45) is -2.68. The molecule has 1 heterocycles. The Kier molecular flexibility index (Phi) is 1.80. The Labute approximate surface area is 54.9 Å². The van der Waals surface area contributed by atoms with E-state index in [9.17, 15) is 13.2 Å². The maximum atomic E-state index is 11.3. The Morgan fingerprint density at radius 1 is 1.60 bits per heavy atom. The number of nitrogens with zero attached hydrogens (tertiary/aromatic N) is 1. The number of nitrogens with one attached hydrogen (secondary N) is 1. The molecule has 1 aliphatic rings. The molecule has 0 aromatic carbocycles. The summed E-state index contributed by atoms with van der Waals surface area (Å²) in [6.45, 7) is 0. The van der Waals surface area contributed by atoms with Crippen molar-refractivity contribution in [2.24, 2.45) is 5.10 Å². The molecule has 0 aromatic rings. The molecule has 0 saturated heterocycles. The van der Waals surface area contributed by atoms with Crippen molar-refractivity contribution < 1.29 is 17.9 Å². The Bertz CT molecular complexity index is 136. The molecule has 1 rings (SSSR count). The number of hydrazone groups is 1. The predicted octanol–water partition coefficient (Wildman–Crippen LogP) is 0.519. The second-order valence-electron chi connectivity index (χ2n) is 1.50. The molecule has 1 N–H and O–H groups in total. The lowest BCUT2D eigenvalue weighted by Gasteiger charge is -2.11. The second kappa shape index (κ2) is 2.45. The van der Waals surface area contributed by atoms with Crippen LogP contribution in [0, 0.1) is 6.42 Å². The molecule has 0 spiro atoms. The van der Waals surface area contributed by atoms with Crippen molar-refractivity contribution in [1.82, 2.24) is 5.43 Å². The molecule has 1 atom stereocenters. The predicted molar refractivity (Wildman–Crippen MR) is 25.8 cm³/mol. The molecule has 0 amide bonds. The van der Waals surface area contributed by atoms with Gasteiger partial charge in [-0.3, -0.25) is 10.2 Å². The Hall–Kier alpha value is -0.780. The van der Waals surface area contributed by atoms with Gasteiger partial charge in [-0.05, 0) is 0 Å². The van der Waals surface area contributed by atoms with Gasteiger partial charge in [-0.1, -0.05) is 0 Å². The average Bonchev–Trinajstić information content (AvgIpc) is 2.12. The topological polar surface area (TPSA) is 33.6 Å². The molecule has 0 bridgehead atoms. The normalized spacial score (nSPS) is 24.9. The summed E-state index contributed by atoms with van der Waals surface area (Å²) < 4.78 is 37.5. The number of alkyl halides is 3. The second-order valence-corrected chi connectivity index (χ2v) is 1.50. The number of rotatable bonds is 1. The summed E-state index contributed by atoms with van der Waals surface area (Å²) in [5, 5.41) is 3.24. The van der Waals surface area contributed by atoms with E-state index in [-0.39, 0.29) is 0 Å². The summed E-state index contributed by atoms with van der Waals surface area (Å²) in [4.78, 5) is 0. The Morgan fingerprint density at radius 2 is 2.30 bits per heavy atom. The first kappa shape index (κ1) is 7.33. The Balaban J connectivity index is 2.26. The molecule has 0 fully saturated rings. The van der Waals surface area contributed by atoms with Crippen LogP contribution >= 0.6 is 0 Å². The molecule has 0 aromatic heterocycles. The molecule has 3 nitrogen and oxygen atoms in total. The van der Waals surface area contributed by atoms with Crippen LogP contribution in [-0.4, -0.2) is 18.8 Å². The summed E-state index contributed by atoms with van der Waals surface area (Å²) in [5.41, 5.74) is 2.03. The number of halogens is 3. The van der Waals surface area contributed by atoms with Gasteiger partial charge in [-0.15, -0.1) is 13.2 Å². The standard InChI is InChI=1S/C4H3F3N2O/c5-4(6,7)10-3-1-2-8-9-3/h2-3,9H. The molecular weight excluding hydrogens is 149 g/mol. The third-order valence-corrected chi connectivity index (χ3v) is 0.734. The minimum atomic E-state index is -4.64. The zero-order chi connectivity index (χ0) is 7.61. The van der Waals surface area contributed by atoms with E-state index >= 15 is 0 Å². The third kappa shape index (κ3) is 2.22. The SMILES string of the molecule is FC(F)(F)OC1[C]C=NN1. The van der Waals surface area contributed by atoms with Crippen LogP contribution in [0.4, 0.5) is 13.2 Å². The molecule has 1 unspecified atom stereocenters. The smallest absolute Gasteiger partial charge is 0.281 e. The fourth-order valence-corrected chi connectivity index (χ4v) is 0.441. The molecule has 2 radical (unpaired) electrons. The Morgan fingerprint density at radius 3 is 2.70 bits per heavy atom. The van der Waals surface area contributed by atoms with Crippen LogP contribution in [0.1, 0.15) is 0 Å². The van der Waals surface area contributed by atoms with Gasteiger partial charge in [-0.2, -0.15) is 5.10 Å². The van der Waals surface area contributed by atoms with Crippen LogP contribution in [0.5, 0.6) is 0 Å². The van der Waals surface area contributed by atoms with Gasteiger partial charge in [0, 0.05) is 6.21 Å². The van der Waals surface area contributed by atoms with Crippen molar-refractivity contribution in [2.45, 2.75) is 12.6 Å². The van der Waals surface area contributed by atoms with Gasteiger partial charge >= 0.3 is 6.36 Å². The van der Waals surface area contributed by atoms with Crippen LogP contribution in [0.25, 0.3) is 0 Å². The van der Waals surface area contributed by atoms with E-state index in [4.69, 9.17) is 0 Å². The van der Waals surface area contributed by atoms with Crippen LogP contribution in [0.15, 0.2) is 5.10 Å². The fraction of sp³-hybridized carbons (Fsp3) is 0.500. The van der Waals surface area contributed by atoms with Crippen LogP contribution in [0.3, 0.4) is 0 Å². The first-order chi connectivity index (χ1) is 4.58. The lowest BCUT2D eigenvalue weighted by atomic mass is 10.4. The quantitative estimate of drug-likeness (QED) is 0.594.